The van der Waals surface area contributed by atoms with Crippen molar-refractivity contribution in [2.45, 2.75) is 46.0 Å². The predicted molar refractivity (Wildman–Crippen MR) is 138 cm³/mol. The second-order valence-electron chi connectivity index (χ2n) is 9.67. The van der Waals surface area contributed by atoms with Crippen molar-refractivity contribution in [1.82, 2.24) is 14.2 Å². The molecule has 2 aromatic rings. The molecule has 36 heavy (non-hydrogen) atoms. The first-order chi connectivity index (χ1) is 17.3. The topological polar surface area (TPSA) is 118 Å². The molecule has 1 saturated heterocycles. The van der Waals surface area contributed by atoms with Crippen LogP contribution in [0.15, 0.2) is 18.2 Å². The van der Waals surface area contributed by atoms with Gasteiger partial charge in [-0.2, -0.15) is 0 Å². The maximum Gasteiger partial charge on any atom is 0.254 e. The summed E-state index contributed by atoms with van der Waals surface area (Å²) in [5.74, 6) is 0.407. The first-order valence-corrected chi connectivity index (χ1v) is 14.6. The van der Waals surface area contributed by atoms with Crippen molar-refractivity contribution in [1.29, 1.82) is 0 Å². The van der Waals surface area contributed by atoms with Gasteiger partial charge in [-0.05, 0) is 81.5 Å². The Morgan fingerprint density at radius 3 is 2.58 bits per heavy atom. The Balaban J connectivity index is 1.71. The third kappa shape index (κ3) is 5.31. The van der Waals surface area contributed by atoms with Gasteiger partial charge in [0.15, 0.2) is 0 Å². The number of ether oxygens (including phenoxy) is 1. The maximum atomic E-state index is 13.3. The number of carbonyl (C=O) groups excluding carboxylic acids is 2. The number of rotatable bonds is 9. The molecule has 0 radical (unpaired) electrons. The molecule has 0 bridgehead atoms. The number of hydrogen-bond acceptors (Lipinski definition) is 6. The summed E-state index contributed by atoms with van der Waals surface area (Å²) >= 11 is 0. The summed E-state index contributed by atoms with van der Waals surface area (Å²) in [6.45, 7) is 5.22. The Hall–Kier alpha value is -2.43. The summed E-state index contributed by atoms with van der Waals surface area (Å²) in [4.78, 5) is 26.9. The van der Waals surface area contributed by atoms with Crippen molar-refractivity contribution in [3.05, 3.63) is 35.0 Å². The van der Waals surface area contributed by atoms with E-state index in [4.69, 9.17) is 9.84 Å². The molecule has 2 heterocycles. The minimum Gasteiger partial charge on any atom is -0.395 e. The first-order valence-electron chi connectivity index (χ1n) is 12.9. The molecular weight excluding hydrogens is 482 g/mol. The molecule has 0 saturated carbocycles. The number of carbonyl (C=O) groups is 2. The molecule has 2 aliphatic rings. The highest BCUT2D eigenvalue weighted by Gasteiger charge is 2.33. The minimum absolute atomic E-state index is 0.000140. The Labute approximate surface area is 212 Å². The number of aliphatic hydroxyl groups is 1. The van der Waals surface area contributed by atoms with Gasteiger partial charge in [0, 0.05) is 42.9 Å². The van der Waals surface area contributed by atoms with E-state index >= 15 is 0 Å². The second kappa shape index (κ2) is 11.3. The summed E-state index contributed by atoms with van der Waals surface area (Å²) in [7, 11) is -3.52. The van der Waals surface area contributed by atoms with Gasteiger partial charge in [-0.1, -0.05) is 0 Å². The van der Waals surface area contributed by atoms with Crippen LogP contribution >= 0.6 is 0 Å². The number of hydrogen-bond donors (Lipinski definition) is 2. The van der Waals surface area contributed by atoms with Crippen molar-refractivity contribution < 1.29 is 27.9 Å². The van der Waals surface area contributed by atoms with Crippen molar-refractivity contribution in [2.75, 3.05) is 45.2 Å². The average molecular weight is 520 g/mol. The Morgan fingerprint density at radius 1 is 1.17 bits per heavy atom. The van der Waals surface area contributed by atoms with Crippen LogP contribution in [0.25, 0.3) is 10.9 Å². The van der Waals surface area contributed by atoms with E-state index in [9.17, 15) is 18.0 Å². The van der Waals surface area contributed by atoms with E-state index in [2.05, 4.69) is 5.32 Å². The van der Waals surface area contributed by atoms with Gasteiger partial charge in [0.2, 0.25) is 15.9 Å². The number of aromatic nitrogens is 1. The molecule has 0 unspecified atom stereocenters. The maximum absolute atomic E-state index is 13.3. The lowest BCUT2D eigenvalue weighted by molar-refractivity contribution is -0.121. The molecule has 0 spiro atoms. The molecule has 2 amide bonds. The standard InChI is InChI=1S/C26H37N3O6S/c1-3-28(17-25(31)27-11-12-30)26(32)20-6-8-24-22(16-20)21-15-19(18-9-13-35-14-10-18)5-7-23(21)29(24)36(33,34)4-2/h6,8,16,18-19,30H,3-5,7,9-15,17H2,1-2H3,(H,27,31)/t19-/m1/s1. The van der Waals surface area contributed by atoms with Gasteiger partial charge in [0.25, 0.3) is 5.91 Å². The van der Waals surface area contributed by atoms with Crippen LogP contribution < -0.4 is 5.32 Å². The molecule has 4 rings (SSSR count). The van der Waals surface area contributed by atoms with Gasteiger partial charge in [0.1, 0.15) is 0 Å². The molecule has 1 aromatic carbocycles. The van der Waals surface area contributed by atoms with E-state index in [1.165, 1.54) is 8.87 Å². The van der Waals surface area contributed by atoms with E-state index in [-0.39, 0.29) is 37.3 Å². The highest BCUT2D eigenvalue weighted by Crippen LogP contribution is 2.40. The minimum atomic E-state index is -3.52. The van der Waals surface area contributed by atoms with Crippen LogP contribution in [0.5, 0.6) is 0 Å². The zero-order valence-corrected chi connectivity index (χ0v) is 22.0. The van der Waals surface area contributed by atoms with Crippen LogP contribution in [-0.2, 0) is 32.4 Å². The van der Waals surface area contributed by atoms with E-state index in [0.717, 1.165) is 55.5 Å². The van der Waals surface area contributed by atoms with Crippen molar-refractivity contribution in [2.24, 2.45) is 11.8 Å². The fourth-order valence-corrected chi connectivity index (χ4v) is 6.90. The molecule has 1 aliphatic carbocycles. The van der Waals surface area contributed by atoms with Gasteiger partial charge in [0.05, 0.1) is 24.4 Å². The predicted octanol–water partition coefficient (Wildman–Crippen LogP) is 1.94. The fraction of sp³-hybridized carbons (Fsp3) is 0.615. The van der Waals surface area contributed by atoms with E-state index in [0.29, 0.717) is 35.9 Å². The number of nitrogens with one attached hydrogen (secondary N) is 1. The first kappa shape index (κ1) is 26.6. The summed E-state index contributed by atoms with van der Waals surface area (Å²) in [6.07, 6.45) is 4.49. The lowest BCUT2D eigenvalue weighted by Crippen LogP contribution is -2.41. The summed E-state index contributed by atoms with van der Waals surface area (Å²) in [6, 6.07) is 5.19. The zero-order valence-electron chi connectivity index (χ0n) is 21.2. The van der Waals surface area contributed by atoms with E-state index in [1.807, 2.05) is 0 Å². The van der Waals surface area contributed by atoms with Gasteiger partial charge in [-0.25, -0.2) is 12.4 Å². The Bertz CT molecular complexity index is 1220. The third-order valence-electron chi connectivity index (χ3n) is 7.61. The van der Waals surface area contributed by atoms with Gasteiger partial charge < -0.3 is 20.1 Å². The Kier molecular flexibility index (Phi) is 8.37. The fourth-order valence-electron chi connectivity index (χ4n) is 5.65. The lowest BCUT2D eigenvalue weighted by Gasteiger charge is -2.33. The quantitative estimate of drug-likeness (QED) is 0.523. The number of benzene rings is 1. The molecule has 1 aromatic heterocycles. The monoisotopic (exact) mass is 519 g/mol. The number of aliphatic hydroxyl groups excluding tert-OH is 1. The lowest BCUT2D eigenvalue weighted by atomic mass is 9.75. The molecule has 198 valence electrons. The molecule has 9 nitrogen and oxygen atoms in total. The third-order valence-corrected chi connectivity index (χ3v) is 9.32. The van der Waals surface area contributed by atoms with Crippen molar-refractivity contribution >= 4 is 32.7 Å². The average Bonchev–Trinajstić information content (AvgIpc) is 3.24. The highest BCUT2D eigenvalue weighted by atomic mass is 32.2. The number of fused-ring (bicyclic) bond motifs is 3. The molecule has 10 heteroatoms. The van der Waals surface area contributed by atoms with Gasteiger partial charge >= 0.3 is 0 Å². The van der Waals surface area contributed by atoms with Crippen molar-refractivity contribution in [3.8, 4) is 0 Å². The van der Waals surface area contributed by atoms with Crippen LogP contribution in [0.4, 0.5) is 0 Å². The highest BCUT2D eigenvalue weighted by molar-refractivity contribution is 7.90. The smallest absolute Gasteiger partial charge is 0.254 e. The number of likely N-dealkylation sites (N-methyl/N-ethyl adjacent to an activating group) is 1. The van der Waals surface area contributed by atoms with Crippen LogP contribution in [0.1, 0.15) is 54.7 Å². The van der Waals surface area contributed by atoms with Gasteiger partial charge in [-0.15, -0.1) is 0 Å². The second-order valence-corrected chi connectivity index (χ2v) is 11.8. The Morgan fingerprint density at radius 2 is 1.92 bits per heavy atom. The molecular formula is C26H37N3O6S. The molecule has 1 fully saturated rings. The van der Waals surface area contributed by atoms with Crippen LogP contribution in [-0.4, -0.2) is 79.4 Å². The van der Waals surface area contributed by atoms with Crippen molar-refractivity contribution in [3.63, 3.8) is 0 Å². The summed E-state index contributed by atoms with van der Waals surface area (Å²) in [5.41, 5.74) is 2.93. The molecule has 2 N–H and O–H groups in total. The van der Waals surface area contributed by atoms with Gasteiger partial charge in [-0.3, -0.25) is 9.59 Å². The summed E-state index contributed by atoms with van der Waals surface area (Å²) < 4.78 is 33.3. The summed E-state index contributed by atoms with van der Waals surface area (Å²) in [5, 5.41) is 12.3. The van der Waals surface area contributed by atoms with Crippen LogP contribution in [0, 0.1) is 11.8 Å². The number of amides is 2. The van der Waals surface area contributed by atoms with Crippen LogP contribution in [0.2, 0.25) is 0 Å². The zero-order chi connectivity index (χ0) is 25.9. The van der Waals surface area contributed by atoms with E-state index in [1.54, 1.807) is 32.0 Å². The van der Waals surface area contributed by atoms with E-state index < -0.39 is 10.0 Å². The van der Waals surface area contributed by atoms with Crippen LogP contribution in [0.3, 0.4) is 0 Å². The largest absolute Gasteiger partial charge is 0.395 e. The normalized spacial score (nSPS) is 18.7. The molecule has 1 atom stereocenters. The molecule has 1 aliphatic heterocycles. The SMILES string of the molecule is CCN(CC(=O)NCCO)C(=O)c1ccc2c(c1)c1c(n2S(=O)(=O)CC)CC[C@@H](C2CCOCC2)C1. The number of nitrogens with zero attached hydrogens (tertiary/aromatic N) is 2.